The molecule has 0 aliphatic rings. The zero-order valence-electron chi connectivity index (χ0n) is 9.40. The average Bonchev–Trinajstić information content (AvgIpc) is 2.16. The highest BCUT2D eigenvalue weighted by atomic mass is 16.3. The molecule has 4 N–H and O–H groups in total. The molecule has 84 valence electrons. The minimum atomic E-state index is -0.289. The van der Waals surface area contributed by atoms with Gasteiger partial charge in [-0.25, -0.2) is 0 Å². The Hall–Kier alpha value is -1.22. The molecule has 0 radical (unpaired) electrons. The molecule has 0 aliphatic carbocycles. The second-order valence-electron chi connectivity index (χ2n) is 4.29. The molecular weight excluding hydrogens is 188 g/mol. The normalized spacial score (nSPS) is 12.8. The molecule has 3 nitrogen and oxygen atoms in total. The molecule has 0 saturated carbocycles. The standard InChI is InChI=1S/C12H20N2O/c1-9(2)7-12(15)8-14-11-5-3-10(13)4-6-11/h3-6,9,12,14-15H,7-8,13H2,1-2H3. The fourth-order valence-corrected chi connectivity index (χ4v) is 1.46. The van der Waals surface area contributed by atoms with Gasteiger partial charge in [-0.3, -0.25) is 0 Å². The molecule has 0 amide bonds. The molecule has 3 heteroatoms. The van der Waals surface area contributed by atoms with E-state index in [9.17, 15) is 5.11 Å². The maximum atomic E-state index is 9.65. The average molecular weight is 208 g/mol. The van der Waals surface area contributed by atoms with Gasteiger partial charge >= 0.3 is 0 Å². The van der Waals surface area contributed by atoms with Crippen molar-refractivity contribution in [2.45, 2.75) is 26.4 Å². The summed E-state index contributed by atoms with van der Waals surface area (Å²) in [5.41, 5.74) is 7.32. The number of nitrogens with one attached hydrogen (secondary N) is 1. The molecule has 1 unspecified atom stereocenters. The lowest BCUT2D eigenvalue weighted by molar-refractivity contribution is 0.161. The monoisotopic (exact) mass is 208 g/mol. The van der Waals surface area contributed by atoms with Gasteiger partial charge in [0.25, 0.3) is 0 Å². The summed E-state index contributed by atoms with van der Waals surface area (Å²) in [4.78, 5) is 0. The van der Waals surface area contributed by atoms with Crippen LogP contribution in [0.15, 0.2) is 24.3 Å². The first kappa shape index (κ1) is 11.9. The smallest absolute Gasteiger partial charge is 0.0715 e. The summed E-state index contributed by atoms with van der Waals surface area (Å²) in [5.74, 6) is 0.521. The van der Waals surface area contributed by atoms with Crippen LogP contribution in [0.4, 0.5) is 11.4 Å². The summed E-state index contributed by atoms with van der Waals surface area (Å²) in [6.07, 6.45) is 0.532. The zero-order valence-corrected chi connectivity index (χ0v) is 9.40. The molecular formula is C12H20N2O. The van der Waals surface area contributed by atoms with Crippen LogP contribution in [0.5, 0.6) is 0 Å². The van der Waals surface area contributed by atoms with Crippen molar-refractivity contribution in [3.05, 3.63) is 24.3 Å². The fourth-order valence-electron chi connectivity index (χ4n) is 1.46. The molecule has 0 spiro atoms. The van der Waals surface area contributed by atoms with Gasteiger partial charge in [0.15, 0.2) is 0 Å². The molecule has 0 fully saturated rings. The van der Waals surface area contributed by atoms with Crippen molar-refractivity contribution in [3.63, 3.8) is 0 Å². The molecule has 1 aromatic rings. The fraction of sp³-hybridized carbons (Fsp3) is 0.500. The number of nitrogens with two attached hydrogens (primary N) is 1. The molecule has 15 heavy (non-hydrogen) atoms. The van der Waals surface area contributed by atoms with Gasteiger partial charge in [-0.05, 0) is 36.6 Å². The number of rotatable bonds is 5. The van der Waals surface area contributed by atoms with Gasteiger partial charge in [-0.15, -0.1) is 0 Å². The number of nitrogen functional groups attached to an aromatic ring is 1. The third-order valence-electron chi connectivity index (χ3n) is 2.20. The highest BCUT2D eigenvalue weighted by molar-refractivity contribution is 5.51. The predicted molar refractivity (Wildman–Crippen MR) is 64.8 cm³/mol. The van der Waals surface area contributed by atoms with Crippen LogP contribution in [0.1, 0.15) is 20.3 Å². The van der Waals surface area contributed by atoms with Crippen molar-refractivity contribution >= 4 is 11.4 Å². The molecule has 1 rings (SSSR count). The largest absolute Gasteiger partial charge is 0.399 e. The second-order valence-corrected chi connectivity index (χ2v) is 4.29. The van der Waals surface area contributed by atoms with E-state index in [1.807, 2.05) is 24.3 Å². The molecule has 1 aromatic carbocycles. The van der Waals surface area contributed by atoms with E-state index < -0.39 is 0 Å². The number of benzene rings is 1. The van der Waals surface area contributed by atoms with E-state index in [2.05, 4.69) is 19.2 Å². The van der Waals surface area contributed by atoms with Crippen molar-refractivity contribution in [1.82, 2.24) is 0 Å². The Labute approximate surface area is 91.3 Å². The maximum Gasteiger partial charge on any atom is 0.0715 e. The summed E-state index contributed by atoms with van der Waals surface area (Å²) >= 11 is 0. The van der Waals surface area contributed by atoms with Crippen LogP contribution >= 0.6 is 0 Å². The van der Waals surface area contributed by atoms with Crippen LogP contribution < -0.4 is 11.1 Å². The van der Waals surface area contributed by atoms with Crippen LogP contribution in [-0.2, 0) is 0 Å². The maximum absolute atomic E-state index is 9.65. The topological polar surface area (TPSA) is 58.3 Å². The summed E-state index contributed by atoms with van der Waals surface area (Å²) in [7, 11) is 0. The first-order chi connectivity index (χ1) is 7.08. The second kappa shape index (κ2) is 5.61. The third-order valence-corrected chi connectivity index (χ3v) is 2.20. The number of hydrogen-bond acceptors (Lipinski definition) is 3. The first-order valence-corrected chi connectivity index (χ1v) is 5.35. The van der Waals surface area contributed by atoms with Gasteiger partial charge in [0.05, 0.1) is 6.10 Å². The van der Waals surface area contributed by atoms with Crippen molar-refractivity contribution in [3.8, 4) is 0 Å². The van der Waals surface area contributed by atoms with Crippen LogP contribution in [0.25, 0.3) is 0 Å². The number of aliphatic hydroxyl groups is 1. The van der Waals surface area contributed by atoms with E-state index in [-0.39, 0.29) is 6.10 Å². The summed E-state index contributed by atoms with van der Waals surface area (Å²) < 4.78 is 0. The summed E-state index contributed by atoms with van der Waals surface area (Å²) in [6, 6.07) is 7.52. The minimum Gasteiger partial charge on any atom is -0.399 e. The highest BCUT2D eigenvalue weighted by Gasteiger charge is 2.06. The van der Waals surface area contributed by atoms with E-state index in [0.29, 0.717) is 12.5 Å². The lowest BCUT2D eigenvalue weighted by atomic mass is 10.1. The third kappa shape index (κ3) is 4.70. The van der Waals surface area contributed by atoms with E-state index >= 15 is 0 Å². The number of anilines is 2. The molecule has 1 atom stereocenters. The Morgan fingerprint density at radius 3 is 2.40 bits per heavy atom. The minimum absolute atomic E-state index is 0.289. The van der Waals surface area contributed by atoms with E-state index in [1.165, 1.54) is 0 Å². The lowest BCUT2D eigenvalue weighted by Gasteiger charge is -2.14. The SMILES string of the molecule is CC(C)CC(O)CNc1ccc(N)cc1. The molecule has 0 aromatic heterocycles. The summed E-state index contributed by atoms with van der Waals surface area (Å²) in [5, 5.41) is 12.8. The molecule has 0 bridgehead atoms. The van der Waals surface area contributed by atoms with Crippen LogP contribution in [0.3, 0.4) is 0 Å². The Bertz CT molecular complexity index is 282. The van der Waals surface area contributed by atoms with Crippen molar-refractivity contribution in [1.29, 1.82) is 0 Å². The van der Waals surface area contributed by atoms with Gasteiger partial charge < -0.3 is 16.2 Å². The quantitative estimate of drug-likeness (QED) is 0.649. The van der Waals surface area contributed by atoms with E-state index in [1.54, 1.807) is 0 Å². The summed E-state index contributed by atoms with van der Waals surface area (Å²) in [6.45, 7) is 4.79. The van der Waals surface area contributed by atoms with Gasteiger partial charge in [-0.1, -0.05) is 13.8 Å². The number of hydrogen-bond donors (Lipinski definition) is 3. The lowest BCUT2D eigenvalue weighted by Crippen LogP contribution is -2.21. The Morgan fingerprint density at radius 2 is 1.87 bits per heavy atom. The number of aliphatic hydroxyl groups excluding tert-OH is 1. The Kier molecular flexibility index (Phi) is 4.43. The van der Waals surface area contributed by atoms with Crippen molar-refractivity contribution in [2.24, 2.45) is 5.92 Å². The van der Waals surface area contributed by atoms with Crippen molar-refractivity contribution < 1.29 is 5.11 Å². The molecule has 0 aliphatic heterocycles. The predicted octanol–water partition coefficient (Wildman–Crippen LogP) is 2.09. The molecule has 0 saturated heterocycles. The zero-order chi connectivity index (χ0) is 11.3. The highest BCUT2D eigenvalue weighted by Crippen LogP contribution is 2.11. The molecule has 0 heterocycles. The van der Waals surface area contributed by atoms with Gasteiger partial charge in [0.1, 0.15) is 0 Å². The van der Waals surface area contributed by atoms with E-state index in [0.717, 1.165) is 17.8 Å². The van der Waals surface area contributed by atoms with Gasteiger partial charge in [-0.2, -0.15) is 0 Å². The van der Waals surface area contributed by atoms with E-state index in [4.69, 9.17) is 5.73 Å². The van der Waals surface area contributed by atoms with Gasteiger partial charge in [0, 0.05) is 17.9 Å². The van der Waals surface area contributed by atoms with Crippen molar-refractivity contribution in [2.75, 3.05) is 17.6 Å². The van der Waals surface area contributed by atoms with Crippen LogP contribution in [0, 0.1) is 5.92 Å². The first-order valence-electron chi connectivity index (χ1n) is 5.35. The van der Waals surface area contributed by atoms with Crippen LogP contribution in [-0.4, -0.2) is 17.8 Å². The Morgan fingerprint density at radius 1 is 1.27 bits per heavy atom. The van der Waals surface area contributed by atoms with Gasteiger partial charge in [0.2, 0.25) is 0 Å². The Balaban J connectivity index is 2.33. The van der Waals surface area contributed by atoms with Crippen LogP contribution in [0.2, 0.25) is 0 Å².